The number of amides is 1. The first kappa shape index (κ1) is 18.3. The lowest BCUT2D eigenvalue weighted by Gasteiger charge is -2.29. The summed E-state index contributed by atoms with van der Waals surface area (Å²) in [5, 5.41) is 12.4. The molecule has 0 atom stereocenters. The number of carbonyl (C=O) groups is 1. The third-order valence-electron chi connectivity index (χ3n) is 4.69. The Morgan fingerprint density at radius 3 is 2.46 bits per heavy atom. The predicted molar refractivity (Wildman–Crippen MR) is 101 cm³/mol. The van der Waals surface area contributed by atoms with Crippen LogP contribution in [0.2, 0.25) is 5.02 Å². The second-order valence-corrected chi connectivity index (χ2v) is 7.09. The summed E-state index contributed by atoms with van der Waals surface area (Å²) in [7, 11) is 0. The van der Waals surface area contributed by atoms with Crippen LogP contribution in [-0.4, -0.2) is 18.1 Å². The predicted octanol–water partition coefficient (Wildman–Crippen LogP) is 4.64. The summed E-state index contributed by atoms with van der Waals surface area (Å²) in [6, 6.07) is 14.9. The van der Waals surface area contributed by atoms with Crippen LogP contribution in [0.1, 0.15) is 47.2 Å². The molecule has 3 rings (SSSR count). The van der Waals surface area contributed by atoms with Crippen molar-refractivity contribution >= 4 is 17.5 Å². The molecule has 134 valence electrons. The monoisotopic (exact) mass is 368 g/mol. The van der Waals surface area contributed by atoms with Gasteiger partial charge in [-0.1, -0.05) is 29.3 Å². The molecule has 1 aliphatic carbocycles. The zero-order chi connectivity index (χ0) is 18.5. The molecule has 1 N–H and O–H groups in total. The molecule has 0 radical (unpaired) electrons. The average molecular weight is 369 g/mol. The van der Waals surface area contributed by atoms with Gasteiger partial charge in [-0.3, -0.25) is 4.79 Å². The number of hydrogen-bond acceptors (Lipinski definition) is 3. The first-order valence-electron chi connectivity index (χ1n) is 8.79. The molecule has 5 heteroatoms. The third-order valence-corrected chi connectivity index (χ3v) is 5.00. The smallest absolute Gasteiger partial charge is 0.251 e. The fourth-order valence-corrected chi connectivity index (χ4v) is 3.36. The molecule has 0 bridgehead atoms. The van der Waals surface area contributed by atoms with Crippen LogP contribution in [0.25, 0.3) is 0 Å². The lowest BCUT2D eigenvalue weighted by Crippen LogP contribution is -2.39. The van der Waals surface area contributed by atoms with E-state index >= 15 is 0 Å². The van der Waals surface area contributed by atoms with Gasteiger partial charge in [0.2, 0.25) is 0 Å². The molecule has 1 aliphatic rings. The van der Waals surface area contributed by atoms with Crippen molar-refractivity contribution in [2.24, 2.45) is 0 Å². The standard InChI is InChI=1S/C21H21ClN2O2/c1-14-2-4-15(5-3-14)21(25)24-17-7-10-18(11-8-17)26-19-9-6-16(13-23)20(22)12-19/h2-6,9,12,17-18H,7-8,10-11H2,1H3,(H,24,25). The van der Waals surface area contributed by atoms with Crippen LogP contribution in [0.5, 0.6) is 5.75 Å². The quantitative estimate of drug-likeness (QED) is 0.855. The van der Waals surface area contributed by atoms with E-state index in [0.29, 0.717) is 21.9 Å². The fourth-order valence-electron chi connectivity index (χ4n) is 3.15. The summed E-state index contributed by atoms with van der Waals surface area (Å²) in [6.45, 7) is 2.00. The van der Waals surface area contributed by atoms with Crippen LogP contribution >= 0.6 is 11.6 Å². The van der Waals surface area contributed by atoms with Gasteiger partial charge in [-0.15, -0.1) is 0 Å². The van der Waals surface area contributed by atoms with E-state index in [-0.39, 0.29) is 18.1 Å². The minimum absolute atomic E-state index is 0.0201. The van der Waals surface area contributed by atoms with Crippen LogP contribution in [-0.2, 0) is 0 Å². The minimum Gasteiger partial charge on any atom is -0.490 e. The van der Waals surface area contributed by atoms with Crippen molar-refractivity contribution in [2.75, 3.05) is 0 Å². The first-order chi connectivity index (χ1) is 12.5. The van der Waals surface area contributed by atoms with Crippen molar-refractivity contribution in [3.63, 3.8) is 0 Å². The SMILES string of the molecule is Cc1ccc(C(=O)NC2CCC(Oc3ccc(C#N)c(Cl)c3)CC2)cc1. The summed E-state index contributed by atoms with van der Waals surface area (Å²) in [5.41, 5.74) is 2.28. The van der Waals surface area contributed by atoms with Gasteiger partial charge in [0, 0.05) is 17.7 Å². The van der Waals surface area contributed by atoms with E-state index in [1.165, 1.54) is 0 Å². The number of benzene rings is 2. The molecular formula is C21H21ClN2O2. The molecular weight excluding hydrogens is 348 g/mol. The molecule has 1 saturated carbocycles. The number of halogens is 1. The van der Waals surface area contributed by atoms with E-state index in [1.54, 1.807) is 18.2 Å². The maximum atomic E-state index is 12.3. The summed E-state index contributed by atoms with van der Waals surface area (Å²) in [6.07, 6.45) is 3.61. The Bertz CT molecular complexity index is 819. The first-order valence-corrected chi connectivity index (χ1v) is 9.17. The highest BCUT2D eigenvalue weighted by Gasteiger charge is 2.24. The van der Waals surface area contributed by atoms with Gasteiger partial charge in [0.05, 0.1) is 16.7 Å². The lowest BCUT2D eigenvalue weighted by atomic mass is 9.92. The van der Waals surface area contributed by atoms with Crippen molar-refractivity contribution < 1.29 is 9.53 Å². The maximum absolute atomic E-state index is 12.3. The van der Waals surface area contributed by atoms with Crippen molar-refractivity contribution in [3.05, 3.63) is 64.2 Å². The summed E-state index contributed by atoms with van der Waals surface area (Å²) in [5.74, 6) is 0.661. The molecule has 1 fully saturated rings. The number of hydrogen-bond donors (Lipinski definition) is 1. The highest BCUT2D eigenvalue weighted by Crippen LogP contribution is 2.27. The number of ether oxygens (including phenoxy) is 1. The van der Waals surface area contributed by atoms with Gasteiger partial charge in [-0.05, 0) is 56.9 Å². The topological polar surface area (TPSA) is 62.1 Å². The molecule has 0 aromatic heterocycles. The van der Waals surface area contributed by atoms with Gasteiger partial charge in [0.1, 0.15) is 11.8 Å². The highest BCUT2D eigenvalue weighted by atomic mass is 35.5. The second-order valence-electron chi connectivity index (χ2n) is 6.68. The number of nitrogens with one attached hydrogen (secondary N) is 1. The maximum Gasteiger partial charge on any atom is 0.251 e. The van der Waals surface area contributed by atoms with Crippen LogP contribution in [0.15, 0.2) is 42.5 Å². The van der Waals surface area contributed by atoms with Gasteiger partial charge in [-0.2, -0.15) is 5.26 Å². The number of rotatable bonds is 4. The van der Waals surface area contributed by atoms with Crippen molar-refractivity contribution in [1.82, 2.24) is 5.32 Å². The summed E-state index contributed by atoms with van der Waals surface area (Å²) >= 11 is 6.05. The van der Waals surface area contributed by atoms with Crippen LogP contribution in [0.4, 0.5) is 0 Å². The molecule has 0 saturated heterocycles. The Balaban J connectivity index is 1.49. The fraction of sp³-hybridized carbons (Fsp3) is 0.333. The largest absolute Gasteiger partial charge is 0.490 e. The average Bonchev–Trinajstić information content (AvgIpc) is 2.64. The summed E-state index contributed by atoms with van der Waals surface area (Å²) in [4.78, 5) is 12.3. The Kier molecular flexibility index (Phi) is 5.80. The molecule has 0 aliphatic heterocycles. The van der Waals surface area contributed by atoms with Gasteiger partial charge < -0.3 is 10.1 Å². The van der Waals surface area contributed by atoms with E-state index in [0.717, 1.165) is 31.2 Å². The Hall–Kier alpha value is -2.51. The van der Waals surface area contributed by atoms with E-state index in [2.05, 4.69) is 5.32 Å². The van der Waals surface area contributed by atoms with Crippen LogP contribution in [0.3, 0.4) is 0 Å². The van der Waals surface area contributed by atoms with Crippen LogP contribution < -0.4 is 10.1 Å². The molecule has 0 heterocycles. The van der Waals surface area contributed by atoms with Crippen molar-refractivity contribution in [2.45, 2.75) is 44.8 Å². The van der Waals surface area contributed by atoms with E-state index in [9.17, 15) is 4.79 Å². The van der Waals surface area contributed by atoms with Crippen LogP contribution in [0, 0.1) is 18.3 Å². The van der Waals surface area contributed by atoms with Crippen molar-refractivity contribution in [1.29, 1.82) is 5.26 Å². The Labute approximate surface area is 158 Å². The molecule has 1 amide bonds. The summed E-state index contributed by atoms with van der Waals surface area (Å²) < 4.78 is 5.98. The molecule has 2 aromatic rings. The number of nitrogens with zero attached hydrogens (tertiary/aromatic N) is 1. The normalized spacial score (nSPS) is 19.4. The zero-order valence-corrected chi connectivity index (χ0v) is 15.4. The second kappa shape index (κ2) is 8.25. The number of aryl methyl sites for hydroxylation is 1. The zero-order valence-electron chi connectivity index (χ0n) is 14.7. The van der Waals surface area contributed by atoms with E-state index in [1.807, 2.05) is 37.3 Å². The lowest BCUT2D eigenvalue weighted by molar-refractivity contribution is 0.0894. The van der Waals surface area contributed by atoms with E-state index < -0.39 is 0 Å². The Morgan fingerprint density at radius 1 is 1.15 bits per heavy atom. The molecule has 4 nitrogen and oxygen atoms in total. The molecule has 0 unspecified atom stereocenters. The highest BCUT2D eigenvalue weighted by molar-refractivity contribution is 6.31. The Morgan fingerprint density at radius 2 is 1.85 bits per heavy atom. The molecule has 0 spiro atoms. The number of carbonyl (C=O) groups excluding carboxylic acids is 1. The van der Waals surface area contributed by atoms with Crippen molar-refractivity contribution in [3.8, 4) is 11.8 Å². The number of nitriles is 1. The van der Waals surface area contributed by atoms with Gasteiger partial charge >= 0.3 is 0 Å². The molecule has 2 aromatic carbocycles. The van der Waals surface area contributed by atoms with E-state index in [4.69, 9.17) is 21.6 Å². The minimum atomic E-state index is -0.0201. The third kappa shape index (κ3) is 4.56. The van der Waals surface area contributed by atoms with Gasteiger partial charge in [0.15, 0.2) is 0 Å². The molecule has 26 heavy (non-hydrogen) atoms. The van der Waals surface area contributed by atoms with Gasteiger partial charge in [-0.25, -0.2) is 0 Å². The van der Waals surface area contributed by atoms with Gasteiger partial charge in [0.25, 0.3) is 5.91 Å².